The van der Waals surface area contributed by atoms with Crippen molar-refractivity contribution in [2.75, 3.05) is 10.0 Å². The van der Waals surface area contributed by atoms with Crippen molar-refractivity contribution in [1.82, 2.24) is 0 Å². The average molecular weight is 525 g/mol. The van der Waals surface area contributed by atoms with Crippen molar-refractivity contribution < 1.29 is 18.1 Å². The zero-order valence-electron chi connectivity index (χ0n) is 15.9. The van der Waals surface area contributed by atoms with Crippen LogP contribution in [0.4, 0.5) is 17.1 Å². The fourth-order valence-corrected chi connectivity index (χ4v) is 4.29. The minimum Gasteiger partial charge on any atom is -0.321 e. The molecule has 0 atom stereocenters. The van der Waals surface area contributed by atoms with Gasteiger partial charge in [0.25, 0.3) is 21.6 Å². The van der Waals surface area contributed by atoms with Crippen molar-refractivity contribution in [1.29, 1.82) is 0 Å². The highest BCUT2D eigenvalue weighted by atomic mass is 79.9. The van der Waals surface area contributed by atoms with E-state index in [9.17, 15) is 23.3 Å². The van der Waals surface area contributed by atoms with Crippen molar-refractivity contribution in [3.63, 3.8) is 0 Å². The molecule has 0 bridgehead atoms. The standard InChI is InChI=1S/C20H15BrClN3O5S/c1-12-2-6-15(7-3-12)31(29,30)24-18-8-4-13(21)10-16(18)20(26)23-19-9-5-14(25(27)28)11-17(19)22/h2-11,24H,1H3,(H,23,26). The molecule has 160 valence electrons. The summed E-state index contributed by atoms with van der Waals surface area (Å²) in [7, 11) is -3.94. The summed E-state index contributed by atoms with van der Waals surface area (Å²) in [6.07, 6.45) is 0. The molecule has 0 spiro atoms. The number of rotatable bonds is 6. The molecule has 3 aromatic rings. The van der Waals surface area contributed by atoms with Gasteiger partial charge < -0.3 is 5.32 Å². The van der Waals surface area contributed by atoms with Gasteiger partial charge in [-0.1, -0.05) is 45.2 Å². The monoisotopic (exact) mass is 523 g/mol. The van der Waals surface area contributed by atoms with E-state index in [1.54, 1.807) is 18.2 Å². The molecule has 0 radical (unpaired) electrons. The summed E-state index contributed by atoms with van der Waals surface area (Å²) in [5.74, 6) is -0.654. The summed E-state index contributed by atoms with van der Waals surface area (Å²) in [4.78, 5) is 23.2. The van der Waals surface area contributed by atoms with E-state index >= 15 is 0 Å². The summed E-state index contributed by atoms with van der Waals surface area (Å²) in [5, 5.41) is 13.4. The number of sulfonamides is 1. The van der Waals surface area contributed by atoms with Crippen molar-refractivity contribution in [3.05, 3.63) is 91.4 Å². The molecule has 2 N–H and O–H groups in total. The molecule has 3 rings (SSSR count). The van der Waals surface area contributed by atoms with E-state index in [0.29, 0.717) is 4.47 Å². The number of amides is 1. The number of nitrogens with zero attached hydrogens (tertiary/aromatic N) is 1. The first-order valence-electron chi connectivity index (χ1n) is 8.71. The Morgan fingerprint density at radius 2 is 1.68 bits per heavy atom. The van der Waals surface area contributed by atoms with Crippen LogP contribution in [-0.2, 0) is 10.0 Å². The number of non-ortho nitro benzene ring substituents is 1. The van der Waals surface area contributed by atoms with Crippen LogP contribution in [0.2, 0.25) is 5.02 Å². The molecule has 0 aromatic heterocycles. The van der Waals surface area contributed by atoms with Crippen LogP contribution in [0.5, 0.6) is 0 Å². The number of anilines is 2. The smallest absolute Gasteiger partial charge is 0.271 e. The number of nitro benzene ring substituents is 1. The molecule has 0 fully saturated rings. The Balaban J connectivity index is 1.92. The van der Waals surface area contributed by atoms with Gasteiger partial charge in [-0.25, -0.2) is 8.42 Å². The fraction of sp³-hybridized carbons (Fsp3) is 0.0500. The Bertz CT molecular complexity index is 1280. The second kappa shape index (κ2) is 9.04. The molecule has 0 aliphatic carbocycles. The van der Waals surface area contributed by atoms with Crippen LogP contribution in [0, 0.1) is 17.0 Å². The number of benzene rings is 3. The van der Waals surface area contributed by atoms with Gasteiger partial charge in [0, 0.05) is 16.6 Å². The molecular weight excluding hydrogens is 510 g/mol. The van der Waals surface area contributed by atoms with E-state index < -0.39 is 20.9 Å². The molecule has 11 heteroatoms. The highest BCUT2D eigenvalue weighted by Crippen LogP contribution is 2.29. The molecule has 0 saturated heterocycles. The van der Waals surface area contributed by atoms with Crippen molar-refractivity contribution in [2.24, 2.45) is 0 Å². The predicted molar refractivity (Wildman–Crippen MR) is 122 cm³/mol. The van der Waals surface area contributed by atoms with Crippen LogP contribution in [0.3, 0.4) is 0 Å². The van der Waals surface area contributed by atoms with Crippen molar-refractivity contribution in [3.8, 4) is 0 Å². The lowest BCUT2D eigenvalue weighted by Crippen LogP contribution is -2.19. The summed E-state index contributed by atoms with van der Waals surface area (Å²) in [5.41, 5.74) is 0.906. The Kier molecular flexibility index (Phi) is 6.63. The Hall–Kier alpha value is -2.95. The van der Waals surface area contributed by atoms with Crippen LogP contribution in [0.1, 0.15) is 15.9 Å². The molecule has 0 aliphatic heterocycles. The van der Waals surface area contributed by atoms with Gasteiger partial charge in [-0.2, -0.15) is 0 Å². The third-order valence-corrected chi connectivity index (χ3v) is 6.40. The van der Waals surface area contributed by atoms with Gasteiger partial charge in [0.05, 0.1) is 31.8 Å². The first-order valence-corrected chi connectivity index (χ1v) is 11.4. The van der Waals surface area contributed by atoms with Gasteiger partial charge in [0.15, 0.2) is 0 Å². The van der Waals surface area contributed by atoms with Crippen LogP contribution in [-0.4, -0.2) is 19.2 Å². The lowest BCUT2D eigenvalue weighted by Gasteiger charge is -2.14. The number of hydrogen-bond donors (Lipinski definition) is 2. The largest absolute Gasteiger partial charge is 0.321 e. The van der Waals surface area contributed by atoms with Gasteiger partial charge in [-0.3, -0.25) is 19.6 Å². The minimum absolute atomic E-state index is 0.0273. The molecule has 3 aromatic carbocycles. The molecular formula is C20H15BrClN3O5S. The Morgan fingerprint density at radius 3 is 2.29 bits per heavy atom. The van der Waals surface area contributed by atoms with Crippen LogP contribution >= 0.6 is 27.5 Å². The fourth-order valence-electron chi connectivity index (χ4n) is 2.62. The van der Waals surface area contributed by atoms with Gasteiger partial charge in [0.1, 0.15) is 0 Å². The second-order valence-corrected chi connectivity index (χ2v) is 9.49. The van der Waals surface area contributed by atoms with Gasteiger partial charge in [0.2, 0.25) is 0 Å². The summed E-state index contributed by atoms with van der Waals surface area (Å²) >= 11 is 9.30. The number of nitro groups is 1. The van der Waals surface area contributed by atoms with E-state index in [4.69, 9.17) is 11.6 Å². The first kappa shape index (κ1) is 22.7. The van der Waals surface area contributed by atoms with E-state index in [-0.39, 0.29) is 32.5 Å². The molecule has 0 unspecified atom stereocenters. The highest BCUT2D eigenvalue weighted by molar-refractivity contribution is 9.10. The number of carbonyl (C=O) groups excluding carboxylic acids is 1. The van der Waals surface area contributed by atoms with Crippen LogP contribution in [0.15, 0.2) is 70.0 Å². The van der Waals surface area contributed by atoms with Crippen LogP contribution in [0.25, 0.3) is 0 Å². The SMILES string of the molecule is Cc1ccc(S(=O)(=O)Nc2ccc(Br)cc2C(=O)Nc2ccc([N+](=O)[O-])cc2Cl)cc1. The second-order valence-electron chi connectivity index (χ2n) is 6.48. The number of carbonyl (C=O) groups is 1. The van der Waals surface area contributed by atoms with E-state index in [0.717, 1.165) is 11.6 Å². The highest BCUT2D eigenvalue weighted by Gasteiger charge is 2.20. The lowest BCUT2D eigenvalue weighted by atomic mass is 10.1. The third kappa shape index (κ3) is 5.40. The summed E-state index contributed by atoms with van der Waals surface area (Å²) in [6.45, 7) is 1.84. The van der Waals surface area contributed by atoms with Gasteiger partial charge in [-0.15, -0.1) is 0 Å². The van der Waals surface area contributed by atoms with E-state index in [1.807, 2.05) is 6.92 Å². The topological polar surface area (TPSA) is 118 Å². The first-order chi connectivity index (χ1) is 14.6. The number of halogens is 2. The number of aryl methyl sites for hydroxylation is 1. The third-order valence-electron chi connectivity index (χ3n) is 4.21. The lowest BCUT2D eigenvalue weighted by molar-refractivity contribution is -0.384. The van der Waals surface area contributed by atoms with Crippen LogP contribution < -0.4 is 10.0 Å². The maximum atomic E-state index is 12.9. The Labute approximate surface area is 191 Å². The van der Waals surface area contributed by atoms with Gasteiger partial charge in [-0.05, 0) is 43.3 Å². The van der Waals surface area contributed by atoms with E-state index in [2.05, 4.69) is 26.0 Å². The minimum atomic E-state index is -3.94. The molecule has 0 heterocycles. The van der Waals surface area contributed by atoms with Crippen molar-refractivity contribution in [2.45, 2.75) is 11.8 Å². The maximum Gasteiger partial charge on any atom is 0.271 e. The predicted octanol–water partition coefficient (Wildman–Crippen LogP) is 5.37. The van der Waals surface area contributed by atoms with E-state index in [1.165, 1.54) is 36.4 Å². The maximum absolute atomic E-state index is 12.9. The number of nitrogens with one attached hydrogen (secondary N) is 2. The van der Waals surface area contributed by atoms with Gasteiger partial charge >= 0.3 is 0 Å². The zero-order valence-corrected chi connectivity index (χ0v) is 19.1. The molecule has 31 heavy (non-hydrogen) atoms. The van der Waals surface area contributed by atoms with Crippen molar-refractivity contribution >= 4 is 60.5 Å². The molecule has 1 amide bonds. The molecule has 8 nitrogen and oxygen atoms in total. The Morgan fingerprint density at radius 1 is 1.03 bits per heavy atom. The quantitative estimate of drug-likeness (QED) is 0.332. The zero-order chi connectivity index (χ0) is 22.8. The summed E-state index contributed by atoms with van der Waals surface area (Å²) < 4.78 is 28.5. The molecule has 0 saturated carbocycles. The summed E-state index contributed by atoms with van der Waals surface area (Å²) in [6, 6.07) is 14.3. The number of hydrogen-bond acceptors (Lipinski definition) is 5. The molecule has 0 aliphatic rings. The normalized spacial score (nSPS) is 11.1. The average Bonchev–Trinajstić information content (AvgIpc) is 2.70.